The standard InChI is InChI=1S/C30H47NO8/c1-9-12-19(4)26(32)38-24-15-14-22(17-25(24)39-27(33)20(5)13-10-2)16-23(31)28(34)36-18-21(6)37-29(35)30(7,8)11-3/h14-15,17,19-21,23H,9-13,16,18,31H2,1-8H3/t19?,20?,21-,23-/m0/s1. The molecule has 1 rings (SSSR count). The van der Waals surface area contributed by atoms with Crippen molar-refractivity contribution in [2.24, 2.45) is 23.0 Å². The third-order valence-electron chi connectivity index (χ3n) is 6.64. The number of esters is 4. The van der Waals surface area contributed by atoms with Gasteiger partial charge in [0.05, 0.1) is 17.3 Å². The van der Waals surface area contributed by atoms with E-state index >= 15 is 0 Å². The summed E-state index contributed by atoms with van der Waals surface area (Å²) in [7, 11) is 0. The van der Waals surface area contributed by atoms with Crippen molar-refractivity contribution < 1.29 is 38.1 Å². The minimum absolute atomic E-state index is 0.0887. The largest absolute Gasteiger partial charge is 0.461 e. The summed E-state index contributed by atoms with van der Waals surface area (Å²) in [5.74, 6) is -2.30. The first kappa shape index (κ1) is 34.1. The van der Waals surface area contributed by atoms with Gasteiger partial charge in [0.1, 0.15) is 18.8 Å². The third-order valence-corrected chi connectivity index (χ3v) is 6.64. The van der Waals surface area contributed by atoms with Gasteiger partial charge < -0.3 is 24.7 Å². The highest BCUT2D eigenvalue weighted by Crippen LogP contribution is 2.31. The summed E-state index contributed by atoms with van der Waals surface area (Å²) in [5, 5.41) is 0. The topological polar surface area (TPSA) is 131 Å². The molecule has 9 nitrogen and oxygen atoms in total. The third kappa shape index (κ3) is 11.4. The summed E-state index contributed by atoms with van der Waals surface area (Å²) in [6, 6.07) is 3.73. The summed E-state index contributed by atoms with van der Waals surface area (Å²) in [4.78, 5) is 49.9. The molecule has 0 spiro atoms. The Morgan fingerprint density at radius 3 is 1.90 bits per heavy atom. The maximum absolute atomic E-state index is 12.6. The lowest BCUT2D eigenvalue weighted by Crippen LogP contribution is -2.37. The smallest absolute Gasteiger partial charge is 0.323 e. The van der Waals surface area contributed by atoms with Crippen LogP contribution >= 0.6 is 0 Å². The Morgan fingerprint density at radius 1 is 0.846 bits per heavy atom. The fourth-order valence-corrected chi connectivity index (χ4v) is 3.53. The Labute approximate surface area is 233 Å². The van der Waals surface area contributed by atoms with Crippen molar-refractivity contribution in [3.8, 4) is 11.5 Å². The lowest BCUT2D eigenvalue weighted by Gasteiger charge is -2.23. The summed E-state index contributed by atoms with van der Waals surface area (Å²) >= 11 is 0. The van der Waals surface area contributed by atoms with Crippen LogP contribution in [0.5, 0.6) is 11.5 Å². The zero-order chi connectivity index (χ0) is 29.8. The molecule has 0 heterocycles. The number of carbonyl (C=O) groups is 4. The normalized spacial score (nSPS) is 14.5. The van der Waals surface area contributed by atoms with Crippen LogP contribution in [-0.2, 0) is 35.1 Å². The minimum atomic E-state index is -1.01. The van der Waals surface area contributed by atoms with E-state index in [1.807, 2.05) is 20.8 Å². The molecule has 0 aliphatic carbocycles. The molecule has 2 N–H and O–H groups in total. The molecule has 4 atom stereocenters. The first-order chi connectivity index (χ1) is 18.2. The van der Waals surface area contributed by atoms with E-state index < -0.39 is 35.5 Å². The number of nitrogens with two attached hydrogens (primary N) is 1. The molecular formula is C30H47NO8. The number of carbonyl (C=O) groups excluding carboxylic acids is 4. The van der Waals surface area contributed by atoms with E-state index in [1.165, 1.54) is 6.07 Å². The SMILES string of the molecule is CCCC(C)C(=O)Oc1ccc(C[C@H](N)C(=O)OC[C@H](C)OC(=O)C(C)(C)CC)cc1OC(=O)C(C)CCC. The van der Waals surface area contributed by atoms with Crippen molar-refractivity contribution in [3.63, 3.8) is 0 Å². The maximum Gasteiger partial charge on any atom is 0.323 e. The van der Waals surface area contributed by atoms with Crippen molar-refractivity contribution in [3.05, 3.63) is 23.8 Å². The zero-order valence-electron chi connectivity index (χ0n) is 24.8. The number of ether oxygens (including phenoxy) is 4. The van der Waals surface area contributed by atoms with Gasteiger partial charge in [-0.1, -0.05) is 53.5 Å². The van der Waals surface area contributed by atoms with Crippen molar-refractivity contribution in [1.82, 2.24) is 0 Å². The van der Waals surface area contributed by atoms with Gasteiger partial charge in [-0.3, -0.25) is 19.2 Å². The average Bonchev–Trinajstić information content (AvgIpc) is 2.88. The van der Waals surface area contributed by atoms with Gasteiger partial charge in [-0.15, -0.1) is 0 Å². The molecule has 39 heavy (non-hydrogen) atoms. The summed E-state index contributed by atoms with van der Waals surface area (Å²) in [6.07, 6.45) is 3.06. The highest BCUT2D eigenvalue weighted by Gasteiger charge is 2.29. The monoisotopic (exact) mass is 549 g/mol. The second-order valence-electron chi connectivity index (χ2n) is 10.9. The molecule has 0 aliphatic heterocycles. The Morgan fingerprint density at radius 2 is 1.38 bits per heavy atom. The minimum Gasteiger partial charge on any atom is -0.461 e. The van der Waals surface area contributed by atoms with Gasteiger partial charge in [0.25, 0.3) is 0 Å². The molecule has 0 aromatic heterocycles. The zero-order valence-corrected chi connectivity index (χ0v) is 24.8. The van der Waals surface area contributed by atoms with Gasteiger partial charge in [0.2, 0.25) is 0 Å². The van der Waals surface area contributed by atoms with Crippen molar-refractivity contribution in [2.75, 3.05) is 6.61 Å². The molecule has 1 aromatic rings. The molecule has 0 radical (unpaired) electrons. The van der Waals surface area contributed by atoms with Crippen LogP contribution in [0, 0.1) is 17.3 Å². The Bertz CT molecular complexity index is 974. The Kier molecular flexibility index (Phi) is 14.2. The van der Waals surface area contributed by atoms with Crippen LogP contribution in [0.2, 0.25) is 0 Å². The van der Waals surface area contributed by atoms with Gasteiger partial charge in [-0.2, -0.15) is 0 Å². The predicted octanol–water partition coefficient (Wildman–Crippen LogP) is 5.15. The molecule has 220 valence electrons. The van der Waals surface area contributed by atoms with Crippen LogP contribution in [0.1, 0.15) is 93.1 Å². The first-order valence-electron chi connectivity index (χ1n) is 13.9. The second kappa shape index (κ2) is 16.2. The Hall–Kier alpha value is -2.94. The molecule has 0 fully saturated rings. The number of benzene rings is 1. The fourth-order valence-electron chi connectivity index (χ4n) is 3.53. The van der Waals surface area contributed by atoms with Gasteiger partial charge in [0.15, 0.2) is 11.5 Å². The van der Waals surface area contributed by atoms with Crippen LogP contribution in [0.15, 0.2) is 18.2 Å². The second-order valence-corrected chi connectivity index (χ2v) is 10.9. The van der Waals surface area contributed by atoms with Gasteiger partial charge in [0, 0.05) is 0 Å². The van der Waals surface area contributed by atoms with Crippen LogP contribution in [0.25, 0.3) is 0 Å². The summed E-state index contributed by atoms with van der Waals surface area (Å²) in [6.45, 7) is 14.5. The van der Waals surface area contributed by atoms with E-state index in [-0.39, 0.29) is 42.3 Å². The van der Waals surface area contributed by atoms with Crippen LogP contribution < -0.4 is 15.2 Å². The number of rotatable bonds is 16. The lowest BCUT2D eigenvalue weighted by molar-refractivity contribution is -0.166. The molecule has 0 aliphatic rings. The lowest BCUT2D eigenvalue weighted by atomic mass is 9.91. The fraction of sp³-hybridized carbons (Fsp3) is 0.667. The highest BCUT2D eigenvalue weighted by molar-refractivity contribution is 5.79. The maximum atomic E-state index is 12.6. The molecule has 0 saturated heterocycles. The summed E-state index contributed by atoms with van der Waals surface area (Å²) < 4.78 is 21.8. The molecule has 0 bridgehead atoms. The van der Waals surface area contributed by atoms with Crippen molar-refractivity contribution in [2.45, 2.75) is 106 Å². The van der Waals surface area contributed by atoms with E-state index in [1.54, 1.807) is 46.8 Å². The highest BCUT2D eigenvalue weighted by atomic mass is 16.6. The van der Waals surface area contributed by atoms with Crippen molar-refractivity contribution in [1.29, 1.82) is 0 Å². The first-order valence-corrected chi connectivity index (χ1v) is 13.9. The van der Waals surface area contributed by atoms with E-state index in [0.717, 1.165) is 12.8 Å². The van der Waals surface area contributed by atoms with E-state index in [0.29, 0.717) is 24.8 Å². The van der Waals surface area contributed by atoms with Gasteiger partial charge >= 0.3 is 23.9 Å². The average molecular weight is 550 g/mol. The number of hydrogen-bond acceptors (Lipinski definition) is 9. The molecular weight excluding hydrogens is 502 g/mol. The van der Waals surface area contributed by atoms with E-state index in [9.17, 15) is 19.2 Å². The quantitative estimate of drug-likeness (QED) is 0.220. The molecule has 1 aromatic carbocycles. The van der Waals surface area contributed by atoms with Gasteiger partial charge in [-0.25, -0.2) is 0 Å². The van der Waals surface area contributed by atoms with Crippen LogP contribution in [-0.4, -0.2) is 42.6 Å². The van der Waals surface area contributed by atoms with E-state index in [4.69, 9.17) is 24.7 Å². The Balaban J connectivity index is 2.94. The van der Waals surface area contributed by atoms with Gasteiger partial charge in [-0.05, 0) is 64.2 Å². The summed E-state index contributed by atoms with van der Waals surface area (Å²) in [5.41, 5.74) is 6.05. The number of hydrogen-bond donors (Lipinski definition) is 1. The van der Waals surface area contributed by atoms with E-state index in [2.05, 4.69) is 0 Å². The molecule has 2 unspecified atom stereocenters. The predicted molar refractivity (Wildman–Crippen MR) is 148 cm³/mol. The molecule has 0 amide bonds. The molecule has 9 heteroatoms. The van der Waals surface area contributed by atoms with Crippen LogP contribution in [0.4, 0.5) is 0 Å². The van der Waals surface area contributed by atoms with Crippen molar-refractivity contribution >= 4 is 23.9 Å². The van der Waals surface area contributed by atoms with Crippen LogP contribution in [0.3, 0.4) is 0 Å². The molecule has 0 saturated carbocycles.